The van der Waals surface area contributed by atoms with Crippen LogP contribution in [0, 0.1) is 6.92 Å². The van der Waals surface area contributed by atoms with Crippen LogP contribution in [0.25, 0.3) is 0 Å². The number of rotatable bonds is 4. The predicted octanol–water partition coefficient (Wildman–Crippen LogP) is -0.339. The van der Waals surface area contributed by atoms with E-state index in [1.54, 1.807) is 19.4 Å². The van der Waals surface area contributed by atoms with Gasteiger partial charge in [0.25, 0.3) is 0 Å². The van der Waals surface area contributed by atoms with Crippen LogP contribution >= 0.6 is 0 Å². The summed E-state index contributed by atoms with van der Waals surface area (Å²) in [5.74, 6) is 6.20. The molecular weight excluding hydrogens is 218 g/mol. The maximum absolute atomic E-state index is 5.55. The van der Waals surface area contributed by atoms with Gasteiger partial charge in [-0.15, -0.1) is 10.2 Å². The molecule has 2 aromatic heterocycles. The van der Waals surface area contributed by atoms with Crippen LogP contribution < -0.4 is 11.3 Å². The Balaban J connectivity index is 2.16. The van der Waals surface area contributed by atoms with E-state index in [4.69, 9.17) is 5.84 Å². The molecule has 0 radical (unpaired) electrons. The van der Waals surface area contributed by atoms with Gasteiger partial charge in [0.15, 0.2) is 5.82 Å². The normalized spacial score (nSPS) is 12.6. The summed E-state index contributed by atoms with van der Waals surface area (Å²) >= 11 is 0. The molecule has 0 fully saturated rings. The lowest BCUT2D eigenvalue weighted by atomic mass is 10.1. The molecule has 17 heavy (non-hydrogen) atoms. The van der Waals surface area contributed by atoms with Crippen molar-refractivity contribution in [1.29, 1.82) is 0 Å². The fourth-order valence-corrected chi connectivity index (χ4v) is 1.63. The van der Waals surface area contributed by atoms with Crippen LogP contribution in [0.1, 0.15) is 23.0 Å². The molecule has 2 heterocycles. The minimum absolute atomic E-state index is 0.0633. The molecule has 0 aliphatic heterocycles. The van der Waals surface area contributed by atoms with Gasteiger partial charge in [0.2, 0.25) is 0 Å². The lowest BCUT2D eigenvalue weighted by Gasteiger charge is -2.14. The second-order valence-corrected chi connectivity index (χ2v) is 3.91. The number of aromatic nitrogens is 5. The molecule has 0 spiro atoms. The predicted molar refractivity (Wildman–Crippen MR) is 61.5 cm³/mol. The van der Waals surface area contributed by atoms with Crippen LogP contribution in [0.5, 0.6) is 0 Å². The summed E-state index contributed by atoms with van der Waals surface area (Å²) in [6, 6.07) is 1.97. The molecular formula is C10H15N7. The molecule has 0 bridgehead atoms. The van der Waals surface area contributed by atoms with Gasteiger partial charge >= 0.3 is 0 Å². The van der Waals surface area contributed by atoms with E-state index in [1.807, 2.05) is 13.0 Å². The largest absolute Gasteiger partial charge is 0.271 e. The van der Waals surface area contributed by atoms with Gasteiger partial charge in [-0.1, -0.05) is 6.07 Å². The van der Waals surface area contributed by atoms with Gasteiger partial charge in [-0.05, 0) is 23.3 Å². The Bertz CT molecular complexity index is 493. The number of pyridine rings is 1. The number of nitrogens with zero attached hydrogens (tertiary/aromatic N) is 5. The van der Waals surface area contributed by atoms with Crippen molar-refractivity contribution in [2.24, 2.45) is 12.9 Å². The van der Waals surface area contributed by atoms with Crippen LogP contribution in [0.2, 0.25) is 0 Å². The average Bonchev–Trinajstić information content (AvgIpc) is 2.72. The fourth-order valence-electron chi connectivity index (χ4n) is 1.63. The third kappa shape index (κ3) is 2.83. The molecule has 0 aliphatic carbocycles. The van der Waals surface area contributed by atoms with Crippen molar-refractivity contribution in [3.63, 3.8) is 0 Å². The minimum Gasteiger partial charge on any atom is -0.271 e. The molecule has 7 nitrogen and oxygen atoms in total. The molecule has 0 amide bonds. The second-order valence-electron chi connectivity index (χ2n) is 3.91. The monoisotopic (exact) mass is 233 g/mol. The van der Waals surface area contributed by atoms with Crippen LogP contribution in [0.4, 0.5) is 0 Å². The minimum atomic E-state index is -0.0633. The van der Waals surface area contributed by atoms with Crippen LogP contribution in [0.15, 0.2) is 18.5 Å². The van der Waals surface area contributed by atoms with E-state index in [9.17, 15) is 0 Å². The van der Waals surface area contributed by atoms with Crippen molar-refractivity contribution < 1.29 is 0 Å². The highest BCUT2D eigenvalue weighted by Gasteiger charge is 2.14. The van der Waals surface area contributed by atoms with Gasteiger partial charge in [-0.25, -0.2) is 0 Å². The summed E-state index contributed by atoms with van der Waals surface area (Å²) in [7, 11) is 1.73. The number of aryl methyl sites for hydroxylation is 2. The van der Waals surface area contributed by atoms with Crippen molar-refractivity contribution in [2.45, 2.75) is 19.4 Å². The SMILES string of the molecule is Cc1cncc(C(Cc2nnn(C)n2)NN)c1. The Kier molecular flexibility index (Phi) is 3.40. The topological polar surface area (TPSA) is 94.5 Å². The van der Waals surface area contributed by atoms with Gasteiger partial charge in [-0.3, -0.25) is 16.3 Å². The van der Waals surface area contributed by atoms with Crippen molar-refractivity contribution in [3.05, 3.63) is 35.4 Å². The van der Waals surface area contributed by atoms with Gasteiger partial charge in [0.05, 0.1) is 13.1 Å². The fraction of sp³-hybridized carbons (Fsp3) is 0.400. The summed E-state index contributed by atoms with van der Waals surface area (Å²) in [4.78, 5) is 5.57. The van der Waals surface area contributed by atoms with Crippen molar-refractivity contribution in [3.8, 4) is 0 Å². The Hall–Kier alpha value is -1.86. The highest BCUT2D eigenvalue weighted by Crippen LogP contribution is 2.15. The van der Waals surface area contributed by atoms with E-state index in [0.29, 0.717) is 12.2 Å². The van der Waals surface area contributed by atoms with Crippen molar-refractivity contribution in [2.75, 3.05) is 0 Å². The lowest BCUT2D eigenvalue weighted by molar-refractivity contribution is 0.534. The van der Waals surface area contributed by atoms with E-state index in [1.165, 1.54) is 4.80 Å². The van der Waals surface area contributed by atoms with Crippen LogP contribution in [-0.2, 0) is 13.5 Å². The molecule has 2 rings (SSSR count). The van der Waals surface area contributed by atoms with Gasteiger partial charge in [0, 0.05) is 18.8 Å². The number of hydrogen-bond donors (Lipinski definition) is 2. The van der Waals surface area contributed by atoms with E-state index >= 15 is 0 Å². The number of hydrazine groups is 1. The van der Waals surface area contributed by atoms with E-state index < -0.39 is 0 Å². The third-order valence-electron chi connectivity index (χ3n) is 2.44. The molecule has 90 valence electrons. The van der Waals surface area contributed by atoms with Crippen molar-refractivity contribution >= 4 is 0 Å². The first-order chi connectivity index (χ1) is 8.19. The molecule has 0 aromatic carbocycles. The molecule has 0 aliphatic rings. The number of hydrogen-bond acceptors (Lipinski definition) is 6. The summed E-state index contributed by atoms with van der Waals surface area (Å²) in [5, 5.41) is 11.8. The lowest BCUT2D eigenvalue weighted by Crippen LogP contribution is -2.30. The Morgan fingerprint density at radius 3 is 2.88 bits per heavy atom. The van der Waals surface area contributed by atoms with Gasteiger partial charge in [-0.2, -0.15) is 4.80 Å². The maximum Gasteiger partial charge on any atom is 0.176 e. The zero-order valence-corrected chi connectivity index (χ0v) is 9.83. The summed E-state index contributed by atoms with van der Waals surface area (Å²) < 4.78 is 0. The van der Waals surface area contributed by atoms with E-state index in [0.717, 1.165) is 11.1 Å². The second kappa shape index (κ2) is 4.98. The molecule has 7 heteroatoms. The number of nitrogens with two attached hydrogens (primary N) is 1. The third-order valence-corrected chi connectivity index (χ3v) is 2.44. The summed E-state index contributed by atoms with van der Waals surface area (Å²) in [5.41, 5.74) is 4.85. The molecule has 0 saturated carbocycles. The molecule has 0 saturated heterocycles. The Labute approximate surface area is 99.0 Å². The molecule has 3 N–H and O–H groups in total. The quantitative estimate of drug-likeness (QED) is 0.554. The van der Waals surface area contributed by atoms with Gasteiger partial charge < -0.3 is 0 Å². The first-order valence-corrected chi connectivity index (χ1v) is 5.29. The first-order valence-electron chi connectivity index (χ1n) is 5.29. The van der Waals surface area contributed by atoms with E-state index in [2.05, 4.69) is 25.8 Å². The number of tetrazole rings is 1. The smallest absolute Gasteiger partial charge is 0.176 e. The highest BCUT2D eigenvalue weighted by atomic mass is 15.6. The standard InChI is InChI=1S/C10H15N7/c1-7-3-8(6-12-5-7)9(13-11)4-10-14-16-17(2)15-10/h3,5-6,9,13H,4,11H2,1-2H3. The summed E-state index contributed by atoms with van der Waals surface area (Å²) in [6.45, 7) is 1.99. The summed E-state index contributed by atoms with van der Waals surface area (Å²) in [6.07, 6.45) is 4.17. The average molecular weight is 233 g/mol. The maximum atomic E-state index is 5.55. The molecule has 2 aromatic rings. The van der Waals surface area contributed by atoms with E-state index in [-0.39, 0.29) is 6.04 Å². The highest BCUT2D eigenvalue weighted by molar-refractivity contribution is 5.20. The van der Waals surface area contributed by atoms with Gasteiger partial charge in [0.1, 0.15) is 0 Å². The zero-order valence-electron chi connectivity index (χ0n) is 9.83. The Morgan fingerprint density at radius 2 is 2.29 bits per heavy atom. The van der Waals surface area contributed by atoms with Crippen LogP contribution in [-0.4, -0.2) is 25.2 Å². The number of nitrogens with one attached hydrogen (secondary N) is 1. The zero-order chi connectivity index (χ0) is 12.3. The molecule has 1 atom stereocenters. The van der Waals surface area contributed by atoms with Crippen molar-refractivity contribution in [1.82, 2.24) is 30.6 Å². The Morgan fingerprint density at radius 1 is 1.47 bits per heavy atom. The first kappa shape index (κ1) is 11.6. The molecule has 1 unspecified atom stereocenters. The van der Waals surface area contributed by atoms with Crippen LogP contribution in [0.3, 0.4) is 0 Å².